The molecule has 3 heterocycles. The van der Waals surface area contributed by atoms with E-state index in [4.69, 9.17) is 5.11 Å². The monoisotopic (exact) mass is 368 g/mol. The summed E-state index contributed by atoms with van der Waals surface area (Å²) in [6.45, 7) is -0.559. The van der Waals surface area contributed by atoms with E-state index in [1.165, 1.54) is 11.7 Å². The van der Waals surface area contributed by atoms with Crippen molar-refractivity contribution in [3.05, 3.63) is 40.6 Å². The minimum atomic E-state index is -4.50. The van der Waals surface area contributed by atoms with Crippen molar-refractivity contribution < 1.29 is 23.1 Å². The van der Waals surface area contributed by atoms with Gasteiger partial charge in [0.1, 0.15) is 17.9 Å². The van der Waals surface area contributed by atoms with Gasteiger partial charge in [-0.3, -0.25) is 18.8 Å². The van der Waals surface area contributed by atoms with Crippen LogP contribution in [0, 0.1) is 0 Å². The molecular weight excluding hydrogens is 357 g/mol. The minimum absolute atomic E-state index is 0.0446. The number of alkyl halides is 3. The van der Waals surface area contributed by atoms with Gasteiger partial charge in [0.2, 0.25) is 0 Å². The van der Waals surface area contributed by atoms with E-state index in [0.717, 1.165) is 23.0 Å². The minimum Gasteiger partial charge on any atom is -0.480 e. The number of carboxylic acids is 1. The Morgan fingerprint density at radius 3 is 2.62 bits per heavy atom. The summed E-state index contributed by atoms with van der Waals surface area (Å²) in [6, 6.07) is 1.97. The maximum atomic E-state index is 12.6. The highest BCUT2D eigenvalue weighted by Gasteiger charge is 2.30. The molecule has 0 saturated heterocycles. The number of hydrogen-bond acceptors (Lipinski definition) is 6. The Kier molecular flexibility index (Phi) is 4.10. The van der Waals surface area contributed by atoms with Crippen LogP contribution in [0.15, 0.2) is 29.5 Å². The summed E-state index contributed by atoms with van der Waals surface area (Å²) < 4.78 is 39.8. The molecule has 2 N–H and O–H groups in total. The number of nitrogens with zero attached hydrogens (tertiary/aromatic N) is 5. The Labute approximate surface area is 142 Å². The third-order valence-corrected chi connectivity index (χ3v) is 3.45. The van der Waals surface area contributed by atoms with Crippen LogP contribution in [-0.2, 0) is 24.6 Å². The first-order valence-electron chi connectivity index (χ1n) is 7.11. The van der Waals surface area contributed by atoms with Crippen LogP contribution in [0.1, 0.15) is 5.56 Å². The van der Waals surface area contributed by atoms with Gasteiger partial charge in [-0.25, -0.2) is 9.97 Å². The van der Waals surface area contributed by atoms with E-state index in [1.54, 1.807) is 0 Å². The van der Waals surface area contributed by atoms with E-state index in [2.05, 4.69) is 20.4 Å². The van der Waals surface area contributed by atoms with Gasteiger partial charge >= 0.3 is 12.1 Å². The number of hydrogen-bond donors (Lipinski definition) is 2. The predicted octanol–water partition coefficient (Wildman–Crippen LogP) is 1.37. The zero-order chi connectivity index (χ0) is 19.1. The Balaban J connectivity index is 1.98. The topological polar surface area (TPSA) is 115 Å². The summed E-state index contributed by atoms with van der Waals surface area (Å²) in [5, 5.41) is 15.6. The Bertz CT molecular complexity index is 1040. The summed E-state index contributed by atoms with van der Waals surface area (Å²) in [5.41, 5.74) is -1.33. The SMILES string of the molecule is Cn1nc(Nc2ccc(C(F)(F)F)cn2)c2ncn(CC(=O)O)c(=O)c21. The van der Waals surface area contributed by atoms with E-state index in [0.29, 0.717) is 6.20 Å². The number of rotatable bonds is 4. The third kappa shape index (κ3) is 3.20. The van der Waals surface area contributed by atoms with Gasteiger partial charge in [0.15, 0.2) is 11.3 Å². The fourth-order valence-electron chi connectivity index (χ4n) is 2.29. The van der Waals surface area contributed by atoms with Crippen LogP contribution in [0.3, 0.4) is 0 Å². The molecule has 136 valence electrons. The molecule has 0 fully saturated rings. The first-order valence-corrected chi connectivity index (χ1v) is 7.11. The predicted molar refractivity (Wildman–Crippen MR) is 82.9 cm³/mol. The number of halogens is 3. The van der Waals surface area contributed by atoms with Crippen LogP contribution in [0.2, 0.25) is 0 Å². The Morgan fingerprint density at radius 2 is 2.04 bits per heavy atom. The lowest BCUT2D eigenvalue weighted by atomic mass is 10.3. The second-order valence-corrected chi connectivity index (χ2v) is 5.30. The van der Waals surface area contributed by atoms with Crippen LogP contribution < -0.4 is 10.9 Å². The lowest BCUT2D eigenvalue weighted by molar-refractivity contribution is -0.138. The summed E-state index contributed by atoms with van der Waals surface area (Å²) >= 11 is 0. The van der Waals surface area contributed by atoms with Gasteiger partial charge in [0.25, 0.3) is 5.56 Å². The number of aromatic nitrogens is 5. The Hall–Kier alpha value is -3.44. The molecule has 0 radical (unpaired) electrons. The summed E-state index contributed by atoms with van der Waals surface area (Å²) in [4.78, 5) is 30.8. The van der Waals surface area contributed by atoms with Gasteiger partial charge in [0, 0.05) is 13.2 Å². The first-order chi connectivity index (χ1) is 12.2. The van der Waals surface area contributed by atoms with E-state index in [9.17, 15) is 22.8 Å². The highest BCUT2D eigenvalue weighted by molar-refractivity contribution is 5.87. The van der Waals surface area contributed by atoms with Gasteiger partial charge < -0.3 is 10.4 Å². The molecule has 12 heteroatoms. The molecule has 0 amide bonds. The van der Waals surface area contributed by atoms with Crippen molar-refractivity contribution in [2.24, 2.45) is 7.05 Å². The van der Waals surface area contributed by atoms with E-state index >= 15 is 0 Å². The van der Waals surface area contributed by atoms with Gasteiger partial charge in [-0.15, -0.1) is 0 Å². The van der Waals surface area contributed by atoms with Gasteiger partial charge in [0.05, 0.1) is 11.9 Å². The molecule has 0 aliphatic rings. The van der Waals surface area contributed by atoms with Crippen LogP contribution in [0.4, 0.5) is 24.8 Å². The molecule has 26 heavy (non-hydrogen) atoms. The van der Waals surface area contributed by atoms with Gasteiger partial charge in [-0.2, -0.15) is 18.3 Å². The molecule has 3 rings (SSSR count). The normalized spacial score (nSPS) is 11.7. The number of nitrogens with one attached hydrogen (secondary N) is 1. The molecule has 0 saturated carbocycles. The molecule has 3 aromatic heterocycles. The molecule has 0 bridgehead atoms. The number of fused-ring (bicyclic) bond motifs is 1. The van der Waals surface area contributed by atoms with Crippen molar-refractivity contribution in [1.29, 1.82) is 0 Å². The highest BCUT2D eigenvalue weighted by Crippen LogP contribution is 2.29. The summed E-state index contributed by atoms with van der Waals surface area (Å²) in [7, 11) is 1.46. The second kappa shape index (κ2) is 6.13. The van der Waals surface area contributed by atoms with Crippen molar-refractivity contribution in [3.63, 3.8) is 0 Å². The molecule has 0 aliphatic carbocycles. The maximum Gasteiger partial charge on any atom is 0.417 e. The average molecular weight is 368 g/mol. The molecule has 0 spiro atoms. The lowest BCUT2D eigenvalue weighted by Gasteiger charge is -2.07. The third-order valence-electron chi connectivity index (χ3n) is 3.45. The fourth-order valence-corrected chi connectivity index (χ4v) is 2.29. The summed E-state index contributed by atoms with van der Waals surface area (Å²) in [5.74, 6) is -1.02. The zero-order valence-corrected chi connectivity index (χ0v) is 13.2. The smallest absolute Gasteiger partial charge is 0.417 e. The van der Waals surface area contributed by atoms with E-state index < -0.39 is 29.8 Å². The van der Waals surface area contributed by atoms with Gasteiger partial charge in [-0.1, -0.05) is 0 Å². The van der Waals surface area contributed by atoms with Crippen molar-refractivity contribution in [2.75, 3.05) is 5.32 Å². The number of aliphatic carboxylic acids is 1. The van der Waals surface area contributed by atoms with Gasteiger partial charge in [-0.05, 0) is 12.1 Å². The molecule has 0 unspecified atom stereocenters. The lowest BCUT2D eigenvalue weighted by Crippen LogP contribution is -2.25. The molecule has 0 atom stereocenters. The number of anilines is 2. The fraction of sp³-hybridized carbons (Fsp3) is 0.214. The van der Waals surface area contributed by atoms with Crippen LogP contribution in [0.25, 0.3) is 11.0 Å². The molecule has 3 aromatic rings. The van der Waals surface area contributed by atoms with Crippen molar-refractivity contribution in [1.82, 2.24) is 24.3 Å². The quantitative estimate of drug-likeness (QED) is 0.715. The van der Waals surface area contributed by atoms with Crippen LogP contribution in [-0.4, -0.2) is 35.4 Å². The molecule has 0 aromatic carbocycles. The van der Waals surface area contributed by atoms with Crippen molar-refractivity contribution in [2.45, 2.75) is 12.7 Å². The van der Waals surface area contributed by atoms with E-state index in [1.807, 2.05) is 0 Å². The van der Waals surface area contributed by atoms with Crippen LogP contribution in [0.5, 0.6) is 0 Å². The maximum absolute atomic E-state index is 12.6. The zero-order valence-electron chi connectivity index (χ0n) is 13.2. The average Bonchev–Trinajstić information content (AvgIpc) is 2.86. The number of carbonyl (C=O) groups is 1. The van der Waals surface area contributed by atoms with Crippen molar-refractivity contribution in [3.8, 4) is 0 Å². The summed E-state index contributed by atoms with van der Waals surface area (Å²) in [6.07, 6.45) is -2.77. The molecular formula is C14H11F3N6O3. The molecule has 9 nitrogen and oxygen atoms in total. The Morgan fingerprint density at radius 1 is 1.31 bits per heavy atom. The largest absolute Gasteiger partial charge is 0.480 e. The number of aryl methyl sites for hydroxylation is 1. The standard InChI is InChI=1S/C14H11F3N6O3/c1-22-11-10(19-6-23(13(11)26)5-9(24)25)12(21-22)20-8-3-2-7(4-18-8)14(15,16)17/h2-4,6H,5H2,1H3,(H,24,25)(H,18,20,21). The van der Waals surface area contributed by atoms with E-state index in [-0.39, 0.29) is 22.7 Å². The highest BCUT2D eigenvalue weighted by atomic mass is 19.4. The first kappa shape index (κ1) is 17.4. The van der Waals surface area contributed by atoms with Crippen molar-refractivity contribution >= 4 is 28.6 Å². The molecule has 0 aliphatic heterocycles. The number of pyridine rings is 1. The number of carboxylic acid groups (broad SMARTS) is 1. The second-order valence-electron chi connectivity index (χ2n) is 5.30. The van der Waals surface area contributed by atoms with Crippen LogP contribution >= 0.6 is 0 Å².